The summed E-state index contributed by atoms with van der Waals surface area (Å²) >= 11 is 0. The first-order valence-corrected chi connectivity index (χ1v) is 7.59. The first-order chi connectivity index (χ1) is 8.44. The second-order valence-corrected chi connectivity index (χ2v) is 7.00. The van der Waals surface area contributed by atoms with Gasteiger partial charge in [0.25, 0.3) is 0 Å². The molecule has 3 unspecified atom stereocenters. The third-order valence-electron chi connectivity index (χ3n) is 5.48. The summed E-state index contributed by atoms with van der Waals surface area (Å²) in [5, 5.41) is 3.58. The van der Waals surface area contributed by atoms with Crippen molar-refractivity contribution >= 4 is 0 Å². The number of hydrogen-bond donors (Lipinski definition) is 1. The number of hydrogen-bond acceptors (Lipinski definition) is 3. The third kappa shape index (κ3) is 2.73. The number of nitrogens with one attached hydrogen (secondary N) is 1. The van der Waals surface area contributed by atoms with Crippen molar-refractivity contribution in [3.63, 3.8) is 0 Å². The molecule has 1 N–H and O–H groups in total. The van der Waals surface area contributed by atoms with Crippen LogP contribution in [-0.2, 0) is 0 Å². The van der Waals surface area contributed by atoms with Gasteiger partial charge in [0.1, 0.15) is 0 Å². The van der Waals surface area contributed by atoms with E-state index in [9.17, 15) is 0 Å². The van der Waals surface area contributed by atoms with Crippen molar-refractivity contribution in [3.8, 4) is 0 Å². The standard InChI is InChI=1S/C15H31N3/c1-12(2)15(6-7-16-10-15)11-18-8-13(3)17(5)14(4)9-18/h12-14,16H,6-11H2,1-5H3. The predicted octanol–water partition coefficient (Wildman–Crippen LogP) is 1.65. The van der Waals surface area contributed by atoms with Gasteiger partial charge in [-0.05, 0) is 45.2 Å². The van der Waals surface area contributed by atoms with Crippen molar-refractivity contribution in [2.45, 2.75) is 46.2 Å². The molecule has 3 atom stereocenters. The summed E-state index contributed by atoms with van der Waals surface area (Å²) in [5.74, 6) is 0.776. The molecule has 2 heterocycles. The normalized spacial score (nSPS) is 39.7. The average molecular weight is 253 g/mol. The molecule has 2 saturated heterocycles. The molecule has 0 spiro atoms. The van der Waals surface area contributed by atoms with Crippen molar-refractivity contribution in [1.82, 2.24) is 15.1 Å². The molecule has 18 heavy (non-hydrogen) atoms. The highest BCUT2D eigenvalue weighted by molar-refractivity contribution is 4.95. The van der Waals surface area contributed by atoms with E-state index in [0.29, 0.717) is 17.5 Å². The van der Waals surface area contributed by atoms with E-state index in [1.165, 1.54) is 39.1 Å². The SMILES string of the molecule is CC1CN(CC2(C(C)C)CCNC2)CC(C)N1C. The first-order valence-electron chi connectivity index (χ1n) is 7.59. The van der Waals surface area contributed by atoms with Gasteiger partial charge >= 0.3 is 0 Å². The van der Waals surface area contributed by atoms with Crippen molar-refractivity contribution in [1.29, 1.82) is 0 Å². The Labute approximate surface area is 113 Å². The van der Waals surface area contributed by atoms with Gasteiger partial charge in [-0.3, -0.25) is 9.80 Å². The van der Waals surface area contributed by atoms with Gasteiger partial charge in [0.2, 0.25) is 0 Å². The Bertz CT molecular complexity index is 259. The van der Waals surface area contributed by atoms with Gasteiger partial charge in [0.05, 0.1) is 0 Å². The lowest BCUT2D eigenvalue weighted by Crippen LogP contribution is -2.57. The maximum absolute atomic E-state index is 3.58. The molecule has 2 aliphatic heterocycles. The molecule has 0 aliphatic carbocycles. The number of piperazine rings is 1. The molecule has 0 aromatic rings. The molecule has 2 aliphatic rings. The molecule has 106 valence electrons. The van der Waals surface area contributed by atoms with Gasteiger partial charge in [-0.15, -0.1) is 0 Å². The van der Waals surface area contributed by atoms with Gasteiger partial charge in [-0.2, -0.15) is 0 Å². The Hall–Kier alpha value is -0.120. The van der Waals surface area contributed by atoms with Gasteiger partial charge in [0, 0.05) is 38.3 Å². The number of rotatable bonds is 3. The first kappa shape index (κ1) is 14.3. The zero-order valence-corrected chi connectivity index (χ0v) is 12.9. The van der Waals surface area contributed by atoms with E-state index in [2.05, 4.69) is 49.9 Å². The molecule has 0 aromatic heterocycles. The molecule has 0 bridgehead atoms. The number of nitrogens with zero attached hydrogens (tertiary/aromatic N) is 2. The minimum atomic E-state index is 0.509. The maximum atomic E-state index is 3.58. The minimum absolute atomic E-state index is 0.509. The van der Waals surface area contributed by atoms with Crippen molar-refractivity contribution < 1.29 is 0 Å². The Morgan fingerprint density at radius 1 is 1.22 bits per heavy atom. The van der Waals surface area contributed by atoms with Crippen molar-refractivity contribution in [3.05, 3.63) is 0 Å². The molecule has 2 rings (SSSR count). The summed E-state index contributed by atoms with van der Waals surface area (Å²) in [6.07, 6.45) is 1.35. The van der Waals surface area contributed by atoms with Gasteiger partial charge in [-0.25, -0.2) is 0 Å². The molecule has 0 aromatic carbocycles. The molecule has 3 heteroatoms. The summed E-state index contributed by atoms with van der Waals surface area (Å²) in [6, 6.07) is 1.37. The van der Waals surface area contributed by atoms with Crippen LogP contribution in [0, 0.1) is 11.3 Å². The molecule has 0 radical (unpaired) electrons. The van der Waals surface area contributed by atoms with E-state index in [1.54, 1.807) is 0 Å². The summed E-state index contributed by atoms with van der Waals surface area (Å²) in [4.78, 5) is 5.23. The monoisotopic (exact) mass is 253 g/mol. The summed E-state index contributed by atoms with van der Waals surface area (Å²) in [6.45, 7) is 15.7. The van der Waals surface area contributed by atoms with Crippen molar-refractivity contribution in [2.24, 2.45) is 11.3 Å². The van der Waals surface area contributed by atoms with Crippen LogP contribution in [0.25, 0.3) is 0 Å². The van der Waals surface area contributed by atoms with Crippen LogP contribution in [0.4, 0.5) is 0 Å². The second-order valence-electron chi connectivity index (χ2n) is 7.00. The van der Waals surface area contributed by atoms with Gasteiger partial charge in [0.15, 0.2) is 0 Å². The highest BCUT2D eigenvalue weighted by Gasteiger charge is 2.40. The summed E-state index contributed by atoms with van der Waals surface area (Å²) in [7, 11) is 2.27. The van der Waals surface area contributed by atoms with E-state index in [-0.39, 0.29) is 0 Å². The highest BCUT2D eigenvalue weighted by atomic mass is 15.3. The topological polar surface area (TPSA) is 18.5 Å². The van der Waals surface area contributed by atoms with E-state index in [1.807, 2.05) is 0 Å². The lowest BCUT2D eigenvalue weighted by molar-refractivity contribution is 0.0232. The Balaban J connectivity index is 2.00. The highest BCUT2D eigenvalue weighted by Crippen LogP contribution is 2.35. The smallest absolute Gasteiger partial charge is 0.0195 e. The zero-order chi connectivity index (χ0) is 13.3. The van der Waals surface area contributed by atoms with Crippen LogP contribution in [0.15, 0.2) is 0 Å². The zero-order valence-electron chi connectivity index (χ0n) is 12.9. The van der Waals surface area contributed by atoms with Crippen LogP contribution in [0.5, 0.6) is 0 Å². The van der Waals surface area contributed by atoms with E-state index in [4.69, 9.17) is 0 Å². The van der Waals surface area contributed by atoms with Crippen LogP contribution in [0.2, 0.25) is 0 Å². The van der Waals surface area contributed by atoms with Crippen LogP contribution in [0.3, 0.4) is 0 Å². The molecule has 2 fully saturated rings. The largest absolute Gasteiger partial charge is 0.316 e. The predicted molar refractivity (Wildman–Crippen MR) is 77.9 cm³/mol. The van der Waals surface area contributed by atoms with Crippen LogP contribution >= 0.6 is 0 Å². The molecular formula is C15H31N3. The Morgan fingerprint density at radius 3 is 2.28 bits per heavy atom. The van der Waals surface area contributed by atoms with Crippen LogP contribution < -0.4 is 5.32 Å². The quantitative estimate of drug-likeness (QED) is 0.825. The van der Waals surface area contributed by atoms with E-state index >= 15 is 0 Å². The fourth-order valence-electron chi connectivity index (χ4n) is 3.66. The van der Waals surface area contributed by atoms with Gasteiger partial charge in [-0.1, -0.05) is 13.8 Å². The maximum Gasteiger partial charge on any atom is 0.0195 e. The number of likely N-dealkylation sites (N-methyl/N-ethyl adjacent to an activating group) is 1. The fourth-order valence-corrected chi connectivity index (χ4v) is 3.66. The Morgan fingerprint density at radius 2 is 1.83 bits per heavy atom. The average Bonchev–Trinajstić information content (AvgIpc) is 2.75. The van der Waals surface area contributed by atoms with Crippen LogP contribution in [0.1, 0.15) is 34.1 Å². The third-order valence-corrected chi connectivity index (χ3v) is 5.48. The summed E-state index contributed by atoms with van der Waals surface area (Å²) in [5.41, 5.74) is 0.509. The van der Waals surface area contributed by atoms with Gasteiger partial charge < -0.3 is 5.32 Å². The van der Waals surface area contributed by atoms with E-state index < -0.39 is 0 Å². The summed E-state index contributed by atoms with van der Waals surface area (Å²) < 4.78 is 0. The lowest BCUT2D eigenvalue weighted by atomic mass is 9.75. The molecule has 0 saturated carbocycles. The Kier molecular flexibility index (Phi) is 4.35. The fraction of sp³-hybridized carbons (Fsp3) is 1.00. The lowest BCUT2D eigenvalue weighted by Gasteiger charge is -2.46. The molecular weight excluding hydrogens is 222 g/mol. The van der Waals surface area contributed by atoms with Crippen LogP contribution in [-0.4, -0.2) is 61.7 Å². The molecule has 0 amide bonds. The minimum Gasteiger partial charge on any atom is -0.316 e. The van der Waals surface area contributed by atoms with E-state index in [0.717, 1.165) is 5.92 Å². The second kappa shape index (κ2) is 5.48. The van der Waals surface area contributed by atoms with Crippen molar-refractivity contribution in [2.75, 3.05) is 39.8 Å². The molecule has 3 nitrogen and oxygen atoms in total.